The SMILES string of the molecule is C=C=C=C=C=C=C(OC(=O)C1CO1)c1ccc(C(=O)Oc2ccc(OCCCCC)c(C#N)c2C#N)cc1. The van der Waals surface area contributed by atoms with E-state index in [1.165, 1.54) is 36.4 Å². The van der Waals surface area contributed by atoms with E-state index in [-0.39, 0.29) is 40.6 Å². The molecule has 0 radical (unpaired) electrons. The van der Waals surface area contributed by atoms with E-state index in [0.29, 0.717) is 12.2 Å². The summed E-state index contributed by atoms with van der Waals surface area (Å²) >= 11 is 0. The number of carbonyl (C=O) groups is 2. The van der Waals surface area contributed by atoms with Gasteiger partial charge in [0.1, 0.15) is 29.0 Å². The van der Waals surface area contributed by atoms with Crippen molar-refractivity contribution in [2.75, 3.05) is 13.2 Å². The lowest BCUT2D eigenvalue weighted by Crippen LogP contribution is -2.12. The van der Waals surface area contributed by atoms with Crippen LogP contribution in [0.15, 0.2) is 71.6 Å². The van der Waals surface area contributed by atoms with Gasteiger partial charge in [-0.3, -0.25) is 0 Å². The average molecular weight is 507 g/mol. The molecule has 1 aliphatic rings. The molecule has 0 N–H and O–H groups in total. The van der Waals surface area contributed by atoms with E-state index < -0.39 is 18.0 Å². The van der Waals surface area contributed by atoms with Crippen LogP contribution in [0.4, 0.5) is 0 Å². The van der Waals surface area contributed by atoms with Crippen molar-refractivity contribution in [2.45, 2.75) is 32.3 Å². The molecule has 1 atom stereocenters. The number of hydrogen-bond acceptors (Lipinski definition) is 8. The van der Waals surface area contributed by atoms with Crippen molar-refractivity contribution in [3.63, 3.8) is 0 Å². The minimum absolute atomic E-state index is 0.000995. The van der Waals surface area contributed by atoms with Crippen LogP contribution in [0.5, 0.6) is 11.5 Å². The Kier molecular flexibility index (Phi) is 9.89. The molecule has 8 heteroatoms. The summed E-state index contributed by atoms with van der Waals surface area (Å²) in [6, 6.07) is 12.7. The van der Waals surface area contributed by atoms with E-state index in [1.807, 2.05) is 12.1 Å². The average Bonchev–Trinajstić information content (AvgIpc) is 3.79. The molecule has 1 fully saturated rings. The molecule has 0 aromatic heterocycles. The van der Waals surface area contributed by atoms with Gasteiger partial charge in [0.2, 0.25) is 0 Å². The number of esters is 2. The number of nitriles is 2. The third-order valence-electron chi connectivity index (χ3n) is 5.13. The molecule has 0 bridgehead atoms. The van der Waals surface area contributed by atoms with Gasteiger partial charge in [-0.2, -0.15) is 10.5 Å². The highest BCUT2D eigenvalue weighted by Gasteiger charge is 2.34. The zero-order valence-electron chi connectivity index (χ0n) is 20.6. The second-order valence-electron chi connectivity index (χ2n) is 7.81. The Bertz CT molecular complexity index is 1510. The highest BCUT2D eigenvalue weighted by molar-refractivity contribution is 5.92. The molecule has 2 aromatic carbocycles. The minimum Gasteiger partial charge on any atom is -0.492 e. The number of carbonyl (C=O) groups excluding carboxylic acids is 2. The summed E-state index contributed by atoms with van der Waals surface area (Å²) in [5.41, 5.74) is 13.0. The molecule has 0 aliphatic carbocycles. The van der Waals surface area contributed by atoms with Gasteiger partial charge in [0.25, 0.3) is 0 Å². The van der Waals surface area contributed by atoms with E-state index in [1.54, 1.807) is 0 Å². The molecule has 0 saturated carbocycles. The lowest BCUT2D eigenvalue weighted by Gasteiger charge is -2.12. The van der Waals surface area contributed by atoms with Crippen molar-refractivity contribution in [3.8, 4) is 23.6 Å². The molecule has 2 aromatic rings. The van der Waals surface area contributed by atoms with Gasteiger partial charge < -0.3 is 18.9 Å². The molecular weight excluding hydrogens is 484 g/mol. The molecule has 1 saturated heterocycles. The van der Waals surface area contributed by atoms with Crippen LogP contribution < -0.4 is 9.47 Å². The highest BCUT2D eigenvalue weighted by atomic mass is 16.6. The van der Waals surface area contributed by atoms with E-state index in [0.717, 1.165) is 19.3 Å². The number of ether oxygens (including phenoxy) is 4. The number of benzene rings is 2. The predicted octanol–water partition coefficient (Wildman–Crippen LogP) is 4.91. The Morgan fingerprint density at radius 2 is 1.63 bits per heavy atom. The molecule has 1 aliphatic heterocycles. The Morgan fingerprint density at radius 3 is 2.26 bits per heavy atom. The molecule has 0 amide bonds. The summed E-state index contributed by atoms with van der Waals surface area (Å²) in [5, 5.41) is 19.2. The van der Waals surface area contributed by atoms with Crippen LogP contribution in [-0.2, 0) is 14.3 Å². The zero-order chi connectivity index (χ0) is 27.3. The maximum Gasteiger partial charge on any atom is 0.343 e. The normalized spacial score (nSPS) is 12.6. The number of epoxide rings is 1. The van der Waals surface area contributed by atoms with Crippen LogP contribution in [-0.4, -0.2) is 31.3 Å². The monoisotopic (exact) mass is 506 g/mol. The van der Waals surface area contributed by atoms with Gasteiger partial charge in [-0.1, -0.05) is 25.5 Å². The third kappa shape index (κ3) is 7.38. The van der Waals surface area contributed by atoms with Crippen LogP contribution in [0.1, 0.15) is 53.2 Å². The highest BCUT2D eigenvalue weighted by Crippen LogP contribution is 2.30. The van der Waals surface area contributed by atoms with E-state index in [9.17, 15) is 20.1 Å². The fraction of sp³-hybridized carbons (Fsp3) is 0.233. The van der Waals surface area contributed by atoms with E-state index >= 15 is 0 Å². The minimum atomic E-state index is -0.753. The van der Waals surface area contributed by atoms with Crippen molar-refractivity contribution in [2.24, 2.45) is 0 Å². The molecule has 0 spiro atoms. The number of hydrogen-bond donors (Lipinski definition) is 0. The van der Waals surface area contributed by atoms with Gasteiger partial charge in [-0.25, -0.2) is 9.59 Å². The Hall–Kier alpha value is -5.24. The second-order valence-corrected chi connectivity index (χ2v) is 7.81. The lowest BCUT2D eigenvalue weighted by molar-refractivity contribution is -0.138. The smallest absolute Gasteiger partial charge is 0.343 e. The summed E-state index contributed by atoms with van der Waals surface area (Å²) in [7, 11) is 0. The number of unbranched alkanes of at least 4 members (excludes halogenated alkanes) is 2. The maximum atomic E-state index is 12.8. The maximum absolute atomic E-state index is 12.8. The fourth-order valence-electron chi connectivity index (χ4n) is 3.11. The van der Waals surface area contributed by atoms with Crippen molar-refractivity contribution < 1.29 is 28.5 Å². The summed E-state index contributed by atoms with van der Waals surface area (Å²) in [5.74, 6) is -1.11. The lowest BCUT2D eigenvalue weighted by atomic mass is 10.1. The number of rotatable bonds is 10. The molecule has 188 valence electrons. The van der Waals surface area contributed by atoms with Crippen molar-refractivity contribution >= 4 is 17.7 Å². The summed E-state index contributed by atoms with van der Waals surface area (Å²) < 4.78 is 21.3. The van der Waals surface area contributed by atoms with Crippen molar-refractivity contribution in [1.29, 1.82) is 10.5 Å². The Labute approximate surface area is 219 Å². The molecular formula is C30H22N2O6. The van der Waals surface area contributed by atoms with Crippen LogP contribution in [0.3, 0.4) is 0 Å². The first-order valence-corrected chi connectivity index (χ1v) is 11.7. The Morgan fingerprint density at radius 1 is 0.974 bits per heavy atom. The van der Waals surface area contributed by atoms with Gasteiger partial charge in [0, 0.05) is 5.56 Å². The van der Waals surface area contributed by atoms with Gasteiger partial charge in [-0.05, 0) is 72.3 Å². The van der Waals surface area contributed by atoms with Gasteiger partial charge >= 0.3 is 11.9 Å². The van der Waals surface area contributed by atoms with Crippen molar-refractivity contribution in [3.05, 3.63) is 93.9 Å². The molecule has 3 rings (SSSR count). The van der Waals surface area contributed by atoms with Crippen molar-refractivity contribution in [1.82, 2.24) is 0 Å². The first-order valence-electron chi connectivity index (χ1n) is 11.7. The summed E-state index contributed by atoms with van der Waals surface area (Å²) in [6.07, 6.45) is 2.18. The summed E-state index contributed by atoms with van der Waals surface area (Å²) in [4.78, 5) is 24.9. The molecule has 38 heavy (non-hydrogen) atoms. The topological polar surface area (TPSA) is 122 Å². The van der Waals surface area contributed by atoms with Crippen LogP contribution >= 0.6 is 0 Å². The zero-order valence-corrected chi connectivity index (χ0v) is 20.6. The predicted molar refractivity (Wildman–Crippen MR) is 135 cm³/mol. The Balaban J connectivity index is 1.82. The third-order valence-corrected chi connectivity index (χ3v) is 5.13. The first kappa shape index (κ1) is 27.3. The largest absolute Gasteiger partial charge is 0.492 e. The van der Waals surface area contributed by atoms with E-state index in [4.69, 9.17) is 18.9 Å². The summed E-state index contributed by atoms with van der Waals surface area (Å²) in [6.45, 7) is 6.11. The molecule has 1 heterocycles. The quantitative estimate of drug-likeness (QED) is 0.111. The van der Waals surface area contributed by atoms with Gasteiger partial charge in [0.05, 0.1) is 18.8 Å². The van der Waals surface area contributed by atoms with Gasteiger partial charge in [0.15, 0.2) is 17.6 Å². The second kappa shape index (κ2) is 13.7. The number of nitrogens with zero attached hydrogens (tertiary/aromatic N) is 2. The standard InChI is InChI=1S/C30H22N2O6/c1-3-5-7-8-10-25(37-30(34)28-20-36-28)21-11-13-22(14-12-21)29(33)38-27-16-15-26(35-17-9-6-4-2)23(18-31)24(27)19-32/h11-16,28H,1,4,6,9,17,20H2,2H3. The first-order chi connectivity index (χ1) is 18.5. The van der Waals surface area contributed by atoms with Crippen LogP contribution in [0.2, 0.25) is 0 Å². The van der Waals surface area contributed by atoms with E-state index in [2.05, 4.69) is 42.2 Å². The van der Waals surface area contributed by atoms with Crippen LogP contribution in [0, 0.1) is 22.7 Å². The molecule has 1 unspecified atom stereocenters. The van der Waals surface area contributed by atoms with Gasteiger partial charge in [-0.15, -0.1) is 0 Å². The fourth-order valence-corrected chi connectivity index (χ4v) is 3.11. The molecule has 8 nitrogen and oxygen atoms in total. The van der Waals surface area contributed by atoms with Crippen LogP contribution in [0.25, 0.3) is 5.76 Å².